The Morgan fingerprint density at radius 2 is 1.62 bits per heavy atom. The normalized spacial score (nSPS) is 12.4. The first-order valence-electron chi connectivity index (χ1n) is 9.87. The van der Waals surface area contributed by atoms with Gasteiger partial charge in [0.2, 0.25) is 15.9 Å². The summed E-state index contributed by atoms with van der Waals surface area (Å²) >= 11 is 0. The molecule has 0 spiro atoms. The number of carbonyl (C=O) groups excluding carboxylic acids is 1. The van der Waals surface area contributed by atoms with E-state index in [1.54, 1.807) is 30.3 Å². The van der Waals surface area contributed by atoms with Gasteiger partial charge in [-0.2, -0.15) is 0 Å². The summed E-state index contributed by atoms with van der Waals surface area (Å²) in [5.74, 6) is 0.361. The summed E-state index contributed by atoms with van der Waals surface area (Å²) in [7, 11) is 1.92. The molecule has 0 aliphatic heterocycles. The summed E-state index contributed by atoms with van der Waals surface area (Å²) in [6, 6.07) is 10.6. The van der Waals surface area contributed by atoms with Crippen LogP contribution in [0.25, 0.3) is 0 Å². The van der Waals surface area contributed by atoms with Crippen molar-refractivity contribution in [2.24, 2.45) is 0 Å². The van der Waals surface area contributed by atoms with Gasteiger partial charge in [0.15, 0.2) is 17.8 Å². The molecule has 2 aromatic carbocycles. The summed E-state index contributed by atoms with van der Waals surface area (Å²) in [6.07, 6.45) is -0.803. The lowest BCUT2D eigenvalue weighted by atomic mass is 10.0. The van der Waals surface area contributed by atoms with E-state index in [2.05, 4.69) is 10.0 Å². The molecular weight excluding hydrogens is 436 g/mol. The lowest BCUT2D eigenvalue weighted by Crippen LogP contribution is -2.37. The van der Waals surface area contributed by atoms with E-state index in [0.717, 1.165) is 5.56 Å². The summed E-state index contributed by atoms with van der Waals surface area (Å²) in [4.78, 5) is 12.7. The number of para-hydroxylation sites is 1. The Hall–Kier alpha value is -2.66. The van der Waals surface area contributed by atoms with Crippen molar-refractivity contribution >= 4 is 15.9 Å². The third kappa shape index (κ3) is 6.67. The zero-order valence-electron chi connectivity index (χ0n) is 18.9. The van der Waals surface area contributed by atoms with Crippen LogP contribution in [0.5, 0.6) is 11.5 Å². The fraction of sp³-hybridized carbons (Fsp3) is 0.409. The predicted octanol–water partition coefficient (Wildman–Crippen LogP) is 2.16. The van der Waals surface area contributed by atoms with Crippen LogP contribution in [0.3, 0.4) is 0 Å². The first kappa shape index (κ1) is 25.6. The molecule has 2 rings (SSSR count). The van der Waals surface area contributed by atoms with Gasteiger partial charge in [-0.15, -0.1) is 0 Å². The average Bonchev–Trinajstić information content (AvgIpc) is 2.78. The van der Waals surface area contributed by atoms with Crippen molar-refractivity contribution in [3.05, 3.63) is 53.6 Å². The average molecular weight is 467 g/mol. The van der Waals surface area contributed by atoms with Crippen LogP contribution >= 0.6 is 0 Å². The van der Waals surface area contributed by atoms with Crippen LogP contribution < -0.4 is 19.5 Å². The molecule has 1 amide bonds. The van der Waals surface area contributed by atoms with E-state index in [4.69, 9.17) is 18.9 Å². The quantitative estimate of drug-likeness (QED) is 0.461. The molecule has 1 atom stereocenters. The van der Waals surface area contributed by atoms with Crippen molar-refractivity contribution in [1.29, 1.82) is 0 Å². The maximum Gasteiger partial charge on any atom is 0.241 e. The fourth-order valence-electron chi connectivity index (χ4n) is 3.09. The summed E-state index contributed by atoms with van der Waals surface area (Å²) in [5, 5.41) is 2.69. The highest BCUT2D eigenvalue weighted by molar-refractivity contribution is 7.89. The van der Waals surface area contributed by atoms with Crippen LogP contribution in [-0.4, -0.2) is 55.6 Å². The molecule has 10 heteroatoms. The summed E-state index contributed by atoms with van der Waals surface area (Å²) < 4.78 is 49.7. The van der Waals surface area contributed by atoms with Crippen LogP contribution in [0.15, 0.2) is 47.4 Å². The minimum atomic E-state index is -3.93. The number of nitrogens with one attached hydrogen (secondary N) is 2. The SMILES string of the molecule is COc1cccc([C@H](CC(=O)NCC(OC)OC)NS(=O)(=O)c2ccc(C)cc2)c1OC. The number of ether oxygens (including phenoxy) is 4. The monoisotopic (exact) mass is 466 g/mol. The van der Waals surface area contributed by atoms with Gasteiger partial charge in [-0.1, -0.05) is 29.8 Å². The van der Waals surface area contributed by atoms with E-state index in [1.165, 1.54) is 40.6 Å². The van der Waals surface area contributed by atoms with Gasteiger partial charge >= 0.3 is 0 Å². The number of aryl methyl sites for hydroxylation is 1. The molecule has 0 aliphatic rings. The second kappa shape index (κ2) is 11.8. The van der Waals surface area contributed by atoms with Gasteiger partial charge in [0.1, 0.15) is 0 Å². The molecule has 0 aromatic heterocycles. The zero-order chi connectivity index (χ0) is 23.7. The number of rotatable bonds is 12. The second-order valence-corrected chi connectivity index (χ2v) is 8.69. The minimum Gasteiger partial charge on any atom is -0.493 e. The Labute approximate surface area is 189 Å². The van der Waals surface area contributed by atoms with E-state index in [9.17, 15) is 13.2 Å². The molecule has 0 radical (unpaired) electrons. The molecule has 9 nitrogen and oxygen atoms in total. The molecule has 0 heterocycles. The molecule has 0 saturated carbocycles. The lowest BCUT2D eigenvalue weighted by molar-refractivity contribution is -0.127. The molecule has 0 fully saturated rings. The van der Waals surface area contributed by atoms with Crippen LogP contribution in [-0.2, 0) is 24.3 Å². The molecule has 176 valence electrons. The van der Waals surface area contributed by atoms with Crippen molar-refractivity contribution < 1.29 is 32.2 Å². The Balaban J connectivity index is 2.37. The van der Waals surface area contributed by atoms with E-state index >= 15 is 0 Å². The van der Waals surface area contributed by atoms with E-state index in [0.29, 0.717) is 17.1 Å². The molecule has 0 bridgehead atoms. The zero-order valence-corrected chi connectivity index (χ0v) is 19.7. The lowest BCUT2D eigenvalue weighted by Gasteiger charge is -2.23. The van der Waals surface area contributed by atoms with Gasteiger partial charge in [0.05, 0.1) is 31.7 Å². The summed E-state index contributed by atoms with van der Waals surface area (Å²) in [6.45, 7) is 1.98. The Morgan fingerprint density at radius 3 is 2.19 bits per heavy atom. The van der Waals surface area contributed by atoms with Gasteiger partial charge < -0.3 is 24.3 Å². The Bertz CT molecular complexity index is 990. The van der Waals surface area contributed by atoms with Crippen molar-refractivity contribution in [3.8, 4) is 11.5 Å². The second-order valence-electron chi connectivity index (χ2n) is 6.98. The number of benzene rings is 2. The van der Waals surface area contributed by atoms with Gasteiger partial charge in [-0.3, -0.25) is 4.79 Å². The molecule has 2 N–H and O–H groups in total. The number of amides is 1. The van der Waals surface area contributed by atoms with Crippen molar-refractivity contribution in [1.82, 2.24) is 10.0 Å². The van der Waals surface area contributed by atoms with Crippen LogP contribution in [0.1, 0.15) is 23.6 Å². The maximum absolute atomic E-state index is 13.1. The molecule has 32 heavy (non-hydrogen) atoms. The Morgan fingerprint density at radius 1 is 0.969 bits per heavy atom. The molecule has 0 unspecified atom stereocenters. The largest absolute Gasteiger partial charge is 0.493 e. The molecular formula is C22H30N2O7S. The topological polar surface area (TPSA) is 112 Å². The molecule has 0 aliphatic carbocycles. The predicted molar refractivity (Wildman–Crippen MR) is 119 cm³/mol. The van der Waals surface area contributed by atoms with E-state index < -0.39 is 28.3 Å². The highest BCUT2D eigenvalue weighted by atomic mass is 32.2. The van der Waals surface area contributed by atoms with Crippen molar-refractivity contribution in [3.63, 3.8) is 0 Å². The van der Waals surface area contributed by atoms with Crippen LogP contribution in [0.4, 0.5) is 0 Å². The first-order chi connectivity index (χ1) is 15.2. The smallest absolute Gasteiger partial charge is 0.241 e. The number of sulfonamides is 1. The van der Waals surface area contributed by atoms with Gasteiger partial charge in [0.25, 0.3) is 0 Å². The maximum atomic E-state index is 13.1. The van der Waals surface area contributed by atoms with Crippen molar-refractivity contribution in [2.75, 3.05) is 35.0 Å². The standard InChI is InChI=1S/C22H30N2O7S/c1-15-9-11-16(12-10-15)32(26,27)24-18(13-20(25)23-14-21(29-3)30-4)17-7-6-8-19(28-2)22(17)31-5/h6-12,18,21,24H,13-14H2,1-5H3,(H,23,25)/t18-/m0/s1. The van der Waals surface area contributed by atoms with E-state index in [-0.39, 0.29) is 17.9 Å². The first-order valence-corrected chi connectivity index (χ1v) is 11.4. The molecule has 0 saturated heterocycles. The number of methoxy groups -OCH3 is 4. The number of hydrogen-bond donors (Lipinski definition) is 2. The van der Waals surface area contributed by atoms with Gasteiger partial charge in [0, 0.05) is 26.2 Å². The number of carbonyl (C=O) groups is 1. The molecule has 2 aromatic rings. The Kier molecular flexibility index (Phi) is 9.45. The van der Waals surface area contributed by atoms with Crippen molar-refractivity contribution in [2.45, 2.75) is 30.6 Å². The van der Waals surface area contributed by atoms with E-state index in [1.807, 2.05) is 6.92 Å². The highest BCUT2D eigenvalue weighted by Gasteiger charge is 2.27. The third-order valence-corrected chi connectivity index (χ3v) is 6.31. The minimum absolute atomic E-state index is 0.0919. The van der Waals surface area contributed by atoms with Crippen LogP contribution in [0, 0.1) is 6.92 Å². The highest BCUT2D eigenvalue weighted by Crippen LogP contribution is 2.36. The van der Waals surface area contributed by atoms with Gasteiger partial charge in [-0.25, -0.2) is 13.1 Å². The third-order valence-electron chi connectivity index (χ3n) is 4.82. The fourth-order valence-corrected chi connectivity index (χ4v) is 4.31. The summed E-state index contributed by atoms with van der Waals surface area (Å²) in [5.41, 5.74) is 1.40. The van der Waals surface area contributed by atoms with Gasteiger partial charge in [-0.05, 0) is 25.1 Å². The number of hydrogen-bond acceptors (Lipinski definition) is 7. The van der Waals surface area contributed by atoms with Crippen LogP contribution in [0.2, 0.25) is 0 Å².